The zero-order valence-corrected chi connectivity index (χ0v) is 9.23. The van der Waals surface area contributed by atoms with Crippen molar-refractivity contribution < 1.29 is 13.2 Å². The number of hydrogen-bond acceptors (Lipinski definition) is 3. The average Bonchev–Trinajstić information content (AvgIpc) is 2.69. The van der Waals surface area contributed by atoms with E-state index in [1.807, 2.05) is 6.07 Å². The minimum absolute atomic E-state index is 0.0808. The van der Waals surface area contributed by atoms with Gasteiger partial charge >= 0.3 is 6.18 Å². The molecule has 1 aromatic heterocycles. The van der Waals surface area contributed by atoms with Gasteiger partial charge in [-0.15, -0.1) is 5.10 Å². The van der Waals surface area contributed by atoms with Crippen LogP contribution in [0.25, 0.3) is 11.3 Å². The standard InChI is InChI=1S/C11H7F3N4/c1-18-10(9(6-15)16-17-18)7-2-4-8(5-3-7)11(12,13)14/h2-5H,1H3. The Morgan fingerprint density at radius 2 is 1.83 bits per heavy atom. The second-order valence-electron chi connectivity index (χ2n) is 3.60. The molecule has 0 bridgehead atoms. The van der Waals surface area contributed by atoms with Gasteiger partial charge in [0.25, 0.3) is 0 Å². The Morgan fingerprint density at radius 3 is 2.33 bits per heavy atom. The summed E-state index contributed by atoms with van der Waals surface area (Å²) in [5.41, 5.74) is 0.204. The maximum absolute atomic E-state index is 12.4. The van der Waals surface area contributed by atoms with Gasteiger partial charge in [0, 0.05) is 12.6 Å². The van der Waals surface area contributed by atoms with Crippen LogP contribution in [0.3, 0.4) is 0 Å². The van der Waals surface area contributed by atoms with Gasteiger partial charge in [0.05, 0.1) is 5.56 Å². The molecule has 0 radical (unpaired) electrons. The van der Waals surface area contributed by atoms with Gasteiger partial charge in [-0.25, -0.2) is 4.68 Å². The van der Waals surface area contributed by atoms with Crippen molar-refractivity contribution in [3.63, 3.8) is 0 Å². The summed E-state index contributed by atoms with van der Waals surface area (Å²) in [5.74, 6) is 0. The first-order chi connectivity index (χ1) is 8.43. The van der Waals surface area contributed by atoms with Gasteiger partial charge < -0.3 is 0 Å². The average molecular weight is 252 g/mol. The first kappa shape index (κ1) is 12.1. The van der Waals surface area contributed by atoms with Crippen LogP contribution in [0.1, 0.15) is 11.3 Å². The van der Waals surface area contributed by atoms with Crippen molar-refractivity contribution in [1.82, 2.24) is 15.0 Å². The number of aromatic nitrogens is 3. The Balaban J connectivity index is 2.48. The lowest BCUT2D eigenvalue weighted by atomic mass is 10.1. The zero-order chi connectivity index (χ0) is 13.3. The highest BCUT2D eigenvalue weighted by Gasteiger charge is 2.30. The Bertz CT molecular complexity index is 605. The maximum atomic E-state index is 12.4. The molecule has 92 valence electrons. The van der Waals surface area contributed by atoms with Gasteiger partial charge in [0.1, 0.15) is 11.8 Å². The molecular weight excluding hydrogens is 245 g/mol. The van der Waals surface area contributed by atoms with Gasteiger partial charge in [-0.1, -0.05) is 17.3 Å². The number of nitrogens with zero attached hydrogens (tertiary/aromatic N) is 4. The number of nitriles is 1. The lowest BCUT2D eigenvalue weighted by molar-refractivity contribution is -0.137. The second kappa shape index (κ2) is 4.14. The van der Waals surface area contributed by atoms with Crippen molar-refractivity contribution in [2.45, 2.75) is 6.18 Å². The number of benzene rings is 1. The smallest absolute Gasteiger partial charge is 0.246 e. The molecule has 4 nitrogen and oxygen atoms in total. The molecule has 2 aromatic rings. The molecule has 0 saturated carbocycles. The van der Waals surface area contributed by atoms with Crippen molar-refractivity contribution in [3.05, 3.63) is 35.5 Å². The fourth-order valence-corrected chi connectivity index (χ4v) is 1.57. The molecule has 0 atom stereocenters. The third-order valence-electron chi connectivity index (χ3n) is 2.42. The van der Waals surface area contributed by atoms with E-state index in [0.717, 1.165) is 12.1 Å². The van der Waals surface area contributed by atoms with Crippen LogP contribution in [0.2, 0.25) is 0 Å². The third kappa shape index (κ3) is 2.05. The van der Waals surface area contributed by atoms with Gasteiger partial charge in [-0.2, -0.15) is 18.4 Å². The summed E-state index contributed by atoms with van der Waals surface area (Å²) in [4.78, 5) is 0. The maximum Gasteiger partial charge on any atom is 0.416 e. The summed E-state index contributed by atoms with van der Waals surface area (Å²) in [6.07, 6.45) is -4.37. The summed E-state index contributed by atoms with van der Waals surface area (Å²) < 4.78 is 38.6. The molecule has 2 rings (SSSR count). The van der Waals surface area contributed by atoms with E-state index in [0.29, 0.717) is 11.3 Å². The van der Waals surface area contributed by atoms with Crippen LogP contribution >= 0.6 is 0 Å². The monoisotopic (exact) mass is 252 g/mol. The van der Waals surface area contributed by atoms with Crippen LogP contribution in [0, 0.1) is 11.3 Å². The lowest BCUT2D eigenvalue weighted by Gasteiger charge is -2.07. The molecule has 0 aliphatic carbocycles. The summed E-state index contributed by atoms with van der Waals surface area (Å²) in [6, 6.07) is 6.35. The van der Waals surface area contributed by atoms with E-state index in [1.54, 1.807) is 7.05 Å². The predicted molar refractivity (Wildman–Crippen MR) is 56.2 cm³/mol. The van der Waals surface area contributed by atoms with Crippen LogP contribution in [-0.2, 0) is 13.2 Å². The molecule has 1 aromatic carbocycles. The molecule has 18 heavy (non-hydrogen) atoms. The molecule has 0 amide bonds. The third-order valence-corrected chi connectivity index (χ3v) is 2.42. The normalized spacial score (nSPS) is 11.3. The summed E-state index contributed by atoms with van der Waals surface area (Å²) in [5, 5.41) is 16.1. The van der Waals surface area contributed by atoms with Crippen LogP contribution in [0.5, 0.6) is 0 Å². The molecule has 1 heterocycles. The predicted octanol–water partition coefficient (Wildman–Crippen LogP) is 2.37. The van der Waals surface area contributed by atoms with Crippen molar-refractivity contribution in [3.8, 4) is 17.3 Å². The van der Waals surface area contributed by atoms with E-state index in [9.17, 15) is 13.2 Å². The molecule has 7 heteroatoms. The SMILES string of the molecule is Cn1nnc(C#N)c1-c1ccc(C(F)(F)F)cc1. The Hall–Kier alpha value is -2.36. The molecule has 0 unspecified atom stereocenters. The van der Waals surface area contributed by atoms with Crippen LogP contribution in [0.4, 0.5) is 13.2 Å². The molecule has 0 aliphatic heterocycles. The fraction of sp³-hybridized carbons (Fsp3) is 0.182. The van der Waals surface area contributed by atoms with Crippen LogP contribution < -0.4 is 0 Å². The highest BCUT2D eigenvalue weighted by Crippen LogP contribution is 2.31. The first-order valence-corrected chi connectivity index (χ1v) is 4.91. The summed E-state index contributed by atoms with van der Waals surface area (Å²) in [6.45, 7) is 0. The number of hydrogen-bond donors (Lipinski definition) is 0. The van der Waals surface area contributed by atoms with Gasteiger partial charge in [-0.05, 0) is 12.1 Å². The van der Waals surface area contributed by atoms with Crippen LogP contribution in [0.15, 0.2) is 24.3 Å². The quantitative estimate of drug-likeness (QED) is 0.782. The van der Waals surface area contributed by atoms with E-state index >= 15 is 0 Å². The van der Waals surface area contributed by atoms with E-state index in [1.165, 1.54) is 16.8 Å². The Morgan fingerprint density at radius 1 is 1.22 bits per heavy atom. The molecule has 0 saturated heterocycles. The largest absolute Gasteiger partial charge is 0.416 e. The molecule has 0 fully saturated rings. The minimum atomic E-state index is -4.37. The van der Waals surface area contributed by atoms with Crippen LogP contribution in [-0.4, -0.2) is 15.0 Å². The molecular formula is C11H7F3N4. The van der Waals surface area contributed by atoms with E-state index in [-0.39, 0.29) is 5.69 Å². The van der Waals surface area contributed by atoms with Crippen molar-refractivity contribution in [2.75, 3.05) is 0 Å². The van der Waals surface area contributed by atoms with Gasteiger partial charge in [0.2, 0.25) is 0 Å². The van der Waals surface area contributed by atoms with Crippen molar-refractivity contribution in [1.29, 1.82) is 5.26 Å². The van der Waals surface area contributed by atoms with E-state index in [2.05, 4.69) is 10.3 Å². The van der Waals surface area contributed by atoms with Gasteiger partial charge in [-0.3, -0.25) is 0 Å². The highest BCUT2D eigenvalue weighted by atomic mass is 19.4. The first-order valence-electron chi connectivity index (χ1n) is 4.91. The molecule has 0 aliphatic rings. The zero-order valence-electron chi connectivity index (χ0n) is 9.23. The van der Waals surface area contributed by atoms with Crippen molar-refractivity contribution in [2.24, 2.45) is 7.05 Å². The number of rotatable bonds is 1. The number of halogens is 3. The second-order valence-corrected chi connectivity index (χ2v) is 3.60. The minimum Gasteiger partial charge on any atom is -0.246 e. The number of alkyl halides is 3. The fourth-order valence-electron chi connectivity index (χ4n) is 1.57. The topological polar surface area (TPSA) is 54.5 Å². The highest BCUT2D eigenvalue weighted by molar-refractivity contribution is 5.65. The van der Waals surface area contributed by atoms with E-state index in [4.69, 9.17) is 5.26 Å². The summed E-state index contributed by atoms with van der Waals surface area (Å²) in [7, 11) is 1.57. The van der Waals surface area contributed by atoms with E-state index < -0.39 is 11.7 Å². The Kier molecular flexibility index (Phi) is 2.79. The number of aryl methyl sites for hydroxylation is 1. The lowest BCUT2D eigenvalue weighted by Crippen LogP contribution is -2.04. The van der Waals surface area contributed by atoms with Crippen molar-refractivity contribution >= 4 is 0 Å². The van der Waals surface area contributed by atoms with Gasteiger partial charge in [0.15, 0.2) is 5.69 Å². The summed E-state index contributed by atoms with van der Waals surface area (Å²) >= 11 is 0. The Labute approximate surface area is 100 Å². The molecule has 0 spiro atoms. The molecule has 0 N–H and O–H groups in total.